The van der Waals surface area contributed by atoms with Gasteiger partial charge >= 0.3 is 5.97 Å². The monoisotopic (exact) mass is 416 g/mol. The Morgan fingerprint density at radius 2 is 1.68 bits per heavy atom. The van der Waals surface area contributed by atoms with Crippen LogP contribution >= 0.6 is 0 Å². The van der Waals surface area contributed by atoms with E-state index in [0.29, 0.717) is 22.2 Å². The van der Waals surface area contributed by atoms with Crippen LogP contribution in [-0.4, -0.2) is 41.0 Å². The predicted octanol–water partition coefficient (Wildman–Crippen LogP) is 5.24. The molecule has 160 valence electrons. The van der Waals surface area contributed by atoms with Gasteiger partial charge in [0, 0.05) is 24.0 Å². The molecule has 1 atom stereocenters. The molecule has 0 bridgehead atoms. The summed E-state index contributed by atoms with van der Waals surface area (Å²) in [4.78, 5) is 32.5. The van der Waals surface area contributed by atoms with Crippen LogP contribution in [0.2, 0.25) is 0 Å². The summed E-state index contributed by atoms with van der Waals surface area (Å²) in [5.41, 5.74) is 2.76. The van der Waals surface area contributed by atoms with E-state index in [2.05, 4.69) is 0 Å². The molecule has 1 heterocycles. The summed E-state index contributed by atoms with van der Waals surface area (Å²) in [7, 11) is 1.82. The average Bonchev–Trinajstić information content (AvgIpc) is 2.83. The summed E-state index contributed by atoms with van der Waals surface area (Å²) >= 11 is 0. The standard InChI is InChI=1S/C26H28N2O3/c1-18(25(29)28(2)20-13-7-4-8-14-20)31-26(30)22-17-24(19-11-5-3-6-12-19)27-23-16-10-9-15-21(22)23/h3,5-6,9-12,15-18,20H,4,7-8,13-14H2,1-2H3/t18-/m1/s1. The molecule has 0 unspecified atom stereocenters. The summed E-state index contributed by atoms with van der Waals surface area (Å²) in [6, 6.07) is 19.2. The quantitative estimate of drug-likeness (QED) is 0.534. The van der Waals surface area contributed by atoms with E-state index >= 15 is 0 Å². The van der Waals surface area contributed by atoms with Gasteiger partial charge < -0.3 is 9.64 Å². The van der Waals surface area contributed by atoms with Gasteiger partial charge in [0.2, 0.25) is 0 Å². The number of ether oxygens (including phenoxy) is 1. The minimum absolute atomic E-state index is 0.151. The van der Waals surface area contributed by atoms with Crippen LogP contribution < -0.4 is 0 Å². The third-order valence-corrected chi connectivity index (χ3v) is 6.11. The van der Waals surface area contributed by atoms with E-state index in [-0.39, 0.29) is 11.9 Å². The van der Waals surface area contributed by atoms with Gasteiger partial charge in [0.1, 0.15) is 0 Å². The van der Waals surface area contributed by atoms with Gasteiger partial charge in [-0.05, 0) is 31.9 Å². The van der Waals surface area contributed by atoms with Crippen LogP contribution in [0, 0.1) is 0 Å². The minimum atomic E-state index is -0.841. The first-order valence-electron chi connectivity index (χ1n) is 11.0. The van der Waals surface area contributed by atoms with Crippen molar-refractivity contribution in [2.75, 3.05) is 7.05 Å². The Balaban J connectivity index is 1.59. The fraction of sp³-hybridized carbons (Fsp3) is 0.346. The fourth-order valence-electron chi connectivity index (χ4n) is 4.31. The van der Waals surface area contributed by atoms with E-state index < -0.39 is 12.1 Å². The highest BCUT2D eigenvalue weighted by atomic mass is 16.5. The molecule has 1 amide bonds. The zero-order valence-electron chi connectivity index (χ0n) is 18.1. The van der Waals surface area contributed by atoms with Gasteiger partial charge in [-0.25, -0.2) is 9.78 Å². The Kier molecular flexibility index (Phi) is 6.31. The molecule has 1 aliphatic rings. The summed E-state index contributed by atoms with van der Waals surface area (Å²) in [5, 5.41) is 0.715. The number of rotatable bonds is 5. The lowest BCUT2D eigenvalue weighted by atomic mass is 9.94. The second-order valence-corrected chi connectivity index (χ2v) is 8.23. The number of pyridine rings is 1. The molecular formula is C26H28N2O3. The second kappa shape index (κ2) is 9.29. The van der Waals surface area contributed by atoms with Gasteiger partial charge in [0.05, 0.1) is 16.8 Å². The molecule has 1 saturated carbocycles. The van der Waals surface area contributed by atoms with Gasteiger partial charge in [-0.1, -0.05) is 67.8 Å². The number of hydrogen-bond donors (Lipinski definition) is 0. The Bertz CT molecular complexity index is 1070. The number of para-hydroxylation sites is 1. The summed E-state index contributed by atoms with van der Waals surface area (Å²) < 4.78 is 5.65. The molecule has 0 radical (unpaired) electrons. The van der Waals surface area contributed by atoms with Crippen molar-refractivity contribution < 1.29 is 14.3 Å². The zero-order valence-corrected chi connectivity index (χ0v) is 18.1. The zero-order chi connectivity index (χ0) is 21.8. The fourth-order valence-corrected chi connectivity index (χ4v) is 4.31. The number of aromatic nitrogens is 1. The van der Waals surface area contributed by atoms with Crippen molar-refractivity contribution >= 4 is 22.8 Å². The molecule has 0 saturated heterocycles. The van der Waals surface area contributed by atoms with E-state index in [9.17, 15) is 9.59 Å². The Labute approximate surface area is 183 Å². The van der Waals surface area contributed by atoms with Gasteiger partial charge in [-0.15, -0.1) is 0 Å². The Morgan fingerprint density at radius 1 is 1.00 bits per heavy atom. The molecule has 0 aliphatic heterocycles. The van der Waals surface area contributed by atoms with Gasteiger partial charge in [-0.2, -0.15) is 0 Å². The lowest BCUT2D eigenvalue weighted by Crippen LogP contribution is -2.44. The highest BCUT2D eigenvalue weighted by molar-refractivity contribution is 6.05. The van der Waals surface area contributed by atoms with Crippen molar-refractivity contribution in [2.45, 2.75) is 51.2 Å². The largest absolute Gasteiger partial charge is 0.449 e. The van der Waals surface area contributed by atoms with Gasteiger partial charge in [-0.3, -0.25) is 4.79 Å². The molecule has 1 fully saturated rings. The van der Waals surface area contributed by atoms with Crippen molar-refractivity contribution in [1.29, 1.82) is 0 Å². The Hall–Kier alpha value is -3.21. The maximum absolute atomic E-state index is 13.1. The normalized spacial score (nSPS) is 15.4. The first-order chi connectivity index (χ1) is 15.0. The molecule has 0 spiro atoms. The smallest absolute Gasteiger partial charge is 0.339 e. The van der Waals surface area contributed by atoms with E-state index in [0.717, 1.165) is 31.2 Å². The van der Waals surface area contributed by atoms with E-state index in [1.165, 1.54) is 6.42 Å². The lowest BCUT2D eigenvalue weighted by molar-refractivity contribution is -0.141. The molecule has 3 aromatic rings. The van der Waals surface area contributed by atoms with Gasteiger partial charge in [0.15, 0.2) is 6.10 Å². The first kappa shape index (κ1) is 21.0. The highest BCUT2D eigenvalue weighted by Crippen LogP contribution is 2.26. The van der Waals surface area contributed by atoms with Crippen LogP contribution in [0.25, 0.3) is 22.2 Å². The molecule has 4 rings (SSSR count). The number of likely N-dealkylation sites (N-methyl/N-ethyl adjacent to an activating group) is 1. The number of nitrogens with zero attached hydrogens (tertiary/aromatic N) is 2. The van der Waals surface area contributed by atoms with Crippen LogP contribution in [0.1, 0.15) is 49.4 Å². The van der Waals surface area contributed by atoms with Crippen LogP contribution in [0.4, 0.5) is 0 Å². The highest BCUT2D eigenvalue weighted by Gasteiger charge is 2.28. The SMILES string of the molecule is C[C@@H](OC(=O)c1cc(-c2ccccc2)nc2ccccc12)C(=O)N(C)C1CCCCC1. The minimum Gasteiger partial charge on any atom is -0.449 e. The number of carbonyl (C=O) groups excluding carboxylic acids is 2. The number of fused-ring (bicyclic) bond motifs is 1. The third-order valence-electron chi connectivity index (χ3n) is 6.11. The van der Waals surface area contributed by atoms with Crippen molar-refractivity contribution in [1.82, 2.24) is 9.88 Å². The maximum Gasteiger partial charge on any atom is 0.339 e. The van der Waals surface area contributed by atoms with E-state index in [1.807, 2.05) is 61.6 Å². The van der Waals surface area contributed by atoms with E-state index in [1.54, 1.807) is 17.9 Å². The Morgan fingerprint density at radius 3 is 2.42 bits per heavy atom. The van der Waals surface area contributed by atoms with Crippen LogP contribution in [0.3, 0.4) is 0 Å². The topological polar surface area (TPSA) is 59.5 Å². The summed E-state index contributed by atoms with van der Waals surface area (Å²) in [6.45, 7) is 1.65. The average molecular weight is 417 g/mol. The molecule has 5 heteroatoms. The summed E-state index contributed by atoms with van der Waals surface area (Å²) in [6.07, 6.45) is 4.69. The number of hydrogen-bond acceptors (Lipinski definition) is 4. The molecule has 31 heavy (non-hydrogen) atoms. The van der Waals surface area contributed by atoms with Crippen molar-refractivity contribution in [2.24, 2.45) is 0 Å². The maximum atomic E-state index is 13.1. The molecule has 5 nitrogen and oxygen atoms in total. The lowest BCUT2D eigenvalue weighted by Gasteiger charge is -2.32. The van der Waals surface area contributed by atoms with Crippen LogP contribution in [0.5, 0.6) is 0 Å². The molecular weight excluding hydrogens is 388 g/mol. The van der Waals surface area contributed by atoms with Crippen molar-refractivity contribution in [3.63, 3.8) is 0 Å². The molecule has 1 aromatic heterocycles. The molecule has 0 N–H and O–H groups in total. The molecule has 2 aromatic carbocycles. The van der Waals surface area contributed by atoms with Crippen molar-refractivity contribution in [3.05, 3.63) is 66.2 Å². The van der Waals surface area contributed by atoms with Gasteiger partial charge in [0.25, 0.3) is 5.91 Å². The number of amides is 1. The third kappa shape index (κ3) is 4.61. The summed E-state index contributed by atoms with van der Waals surface area (Å²) in [5.74, 6) is -0.657. The van der Waals surface area contributed by atoms with E-state index in [4.69, 9.17) is 9.72 Å². The first-order valence-corrected chi connectivity index (χ1v) is 11.0. The number of benzene rings is 2. The number of carbonyl (C=O) groups is 2. The predicted molar refractivity (Wildman–Crippen MR) is 122 cm³/mol. The number of esters is 1. The molecule has 1 aliphatic carbocycles. The van der Waals surface area contributed by atoms with Crippen LogP contribution in [-0.2, 0) is 9.53 Å². The second-order valence-electron chi connectivity index (χ2n) is 8.23. The van der Waals surface area contributed by atoms with Crippen LogP contribution in [0.15, 0.2) is 60.7 Å². The van der Waals surface area contributed by atoms with Crippen molar-refractivity contribution in [3.8, 4) is 11.3 Å².